The molecule has 0 spiro atoms. The van der Waals surface area contributed by atoms with Gasteiger partial charge in [-0.2, -0.15) is 5.10 Å². The molecule has 0 saturated carbocycles. The number of rotatable bonds is 9. The molecule has 0 saturated heterocycles. The summed E-state index contributed by atoms with van der Waals surface area (Å²) in [5, 5.41) is 7.35. The summed E-state index contributed by atoms with van der Waals surface area (Å²) in [4.78, 5) is 25.2. The van der Waals surface area contributed by atoms with Crippen molar-refractivity contribution in [2.24, 2.45) is 11.0 Å². The lowest BCUT2D eigenvalue weighted by Gasteiger charge is -2.20. The smallest absolute Gasteiger partial charge is 0.262 e. The molecular formula is C26H25Cl2N3O3. The standard InChI is InChI=1S/C26H25Cl2N3O3/c1-17(2)24(30-25(32)20-10-13-22(27)23(28)14-20)26(33)31-29-15-18-8-11-21(12-9-18)34-16-19-6-4-3-5-7-19/h3-15,17,24H,16H2,1-2H3,(H,30,32)(H,31,33). The normalized spacial score (nSPS) is 11.9. The molecule has 1 atom stereocenters. The number of amides is 2. The number of nitrogens with zero attached hydrogens (tertiary/aromatic N) is 1. The van der Waals surface area contributed by atoms with Gasteiger partial charge < -0.3 is 10.1 Å². The van der Waals surface area contributed by atoms with Gasteiger partial charge in [-0.1, -0.05) is 67.4 Å². The monoisotopic (exact) mass is 497 g/mol. The quantitative estimate of drug-likeness (QED) is 0.303. The van der Waals surface area contributed by atoms with E-state index in [1.807, 2.05) is 68.4 Å². The molecule has 0 radical (unpaired) electrons. The summed E-state index contributed by atoms with van der Waals surface area (Å²) in [6.07, 6.45) is 1.52. The van der Waals surface area contributed by atoms with E-state index in [1.165, 1.54) is 18.3 Å². The minimum Gasteiger partial charge on any atom is -0.489 e. The van der Waals surface area contributed by atoms with Crippen LogP contribution in [0.2, 0.25) is 10.0 Å². The van der Waals surface area contributed by atoms with Crippen LogP contribution in [0.4, 0.5) is 0 Å². The maximum atomic E-state index is 12.6. The maximum Gasteiger partial charge on any atom is 0.262 e. The molecule has 2 amide bonds. The van der Waals surface area contributed by atoms with E-state index in [4.69, 9.17) is 27.9 Å². The second-order valence-corrected chi connectivity index (χ2v) is 8.72. The van der Waals surface area contributed by atoms with E-state index in [0.29, 0.717) is 17.2 Å². The zero-order chi connectivity index (χ0) is 24.5. The van der Waals surface area contributed by atoms with Crippen molar-refractivity contribution in [3.63, 3.8) is 0 Å². The van der Waals surface area contributed by atoms with Crippen LogP contribution in [0.1, 0.15) is 35.3 Å². The Morgan fingerprint density at radius 3 is 2.32 bits per heavy atom. The summed E-state index contributed by atoms with van der Waals surface area (Å²) in [5.41, 5.74) is 4.67. The average molecular weight is 498 g/mol. The van der Waals surface area contributed by atoms with Gasteiger partial charge in [0.1, 0.15) is 18.4 Å². The predicted octanol–water partition coefficient (Wildman–Crippen LogP) is 5.48. The Morgan fingerprint density at radius 2 is 1.68 bits per heavy atom. The van der Waals surface area contributed by atoms with Crippen LogP contribution in [-0.2, 0) is 11.4 Å². The third-order valence-electron chi connectivity index (χ3n) is 4.93. The Hall–Kier alpha value is -3.35. The highest BCUT2D eigenvalue weighted by atomic mass is 35.5. The Labute approximate surface area is 208 Å². The van der Waals surface area contributed by atoms with Gasteiger partial charge in [0.25, 0.3) is 11.8 Å². The van der Waals surface area contributed by atoms with Crippen molar-refractivity contribution >= 4 is 41.2 Å². The van der Waals surface area contributed by atoms with Gasteiger partial charge in [-0.3, -0.25) is 9.59 Å². The van der Waals surface area contributed by atoms with Crippen molar-refractivity contribution in [2.45, 2.75) is 26.5 Å². The van der Waals surface area contributed by atoms with Gasteiger partial charge in [-0.05, 0) is 59.5 Å². The highest BCUT2D eigenvalue weighted by molar-refractivity contribution is 6.42. The summed E-state index contributed by atoms with van der Waals surface area (Å²) in [6, 6.07) is 21.0. The van der Waals surface area contributed by atoms with Crippen molar-refractivity contribution < 1.29 is 14.3 Å². The first kappa shape index (κ1) is 25.3. The second kappa shape index (κ2) is 12.2. The Bertz CT molecular complexity index is 1150. The van der Waals surface area contributed by atoms with Gasteiger partial charge in [0.05, 0.1) is 16.3 Å². The van der Waals surface area contributed by atoms with Crippen LogP contribution in [0.15, 0.2) is 77.9 Å². The highest BCUT2D eigenvalue weighted by Gasteiger charge is 2.24. The van der Waals surface area contributed by atoms with Gasteiger partial charge >= 0.3 is 0 Å². The van der Waals surface area contributed by atoms with Gasteiger partial charge in [0, 0.05) is 5.56 Å². The molecule has 3 aromatic rings. The molecule has 3 aromatic carbocycles. The highest BCUT2D eigenvalue weighted by Crippen LogP contribution is 2.22. The number of hydrazone groups is 1. The molecule has 0 heterocycles. The number of nitrogens with one attached hydrogen (secondary N) is 2. The lowest BCUT2D eigenvalue weighted by atomic mass is 10.0. The van der Waals surface area contributed by atoms with Gasteiger partial charge in [0.15, 0.2) is 0 Å². The van der Waals surface area contributed by atoms with Crippen LogP contribution in [0, 0.1) is 5.92 Å². The maximum absolute atomic E-state index is 12.6. The molecule has 2 N–H and O–H groups in total. The Morgan fingerprint density at radius 1 is 0.971 bits per heavy atom. The topological polar surface area (TPSA) is 79.8 Å². The molecule has 0 aromatic heterocycles. The summed E-state index contributed by atoms with van der Waals surface area (Å²) < 4.78 is 5.76. The molecule has 1 unspecified atom stereocenters. The molecule has 0 fully saturated rings. The summed E-state index contributed by atoms with van der Waals surface area (Å²) in [6.45, 7) is 4.14. The molecule has 176 valence electrons. The third-order valence-corrected chi connectivity index (χ3v) is 5.67. The first-order valence-corrected chi connectivity index (χ1v) is 11.4. The van der Waals surface area contributed by atoms with Crippen LogP contribution in [-0.4, -0.2) is 24.1 Å². The first-order chi connectivity index (χ1) is 16.3. The number of ether oxygens (including phenoxy) is 1. The van der Waals surface area contributed by atoms with Gasteiger partial charge in [-0.25, -0.2) is 5.43 Å². The van der Waals surface area contributed by atoms with E-state index in [2.05, 4.69) is 15.8 Å². The number of hydrogen-bond acceptors (Lipinski definition) is 4. The van der Waals surface area contributed by atoms with E-state index in [0.717, 1.165) is 16.9 Å². The van der Waals surface area contributed by atoms with Crippen molar-refractivity contribution in [3.05, 3.63) is 99.5 Å². The Balaban J connectivity index is 1.54. The minimum absolute atomic E-state index is 0.164. The largest absolute Gasteiger partial charge is 0.489 e. The summed E-state index contributed by atoms with van der Waals surface area (Å²) >= 11 is 11.9. The van der Waals surface area contributed by atoms with Crippen LogP contribution >= 0.6 is 23.2 Å². The van der Waals surface area contributed by atoms with E-state index in [-0.39, 0.29) is 10.9 Å². The molecule has 0 aliphatic carbocycles. The van der Waals surface area contributed by atoms with E-state index in [1.54, 1.807) is 6.07 Å². The van der Waals surface area contributed by atoms with Crippen LogP contribution < -0.4 is 15.5 Å². The SMILES string of the molecule is CC(C)C(NC(=O)c1ccc(Cl)c(Cl)c1)C(=O)NN=Cc1ccc(OCc2ccccc2)cc1. The van der Waals surface area contributed by atoms with E-state index < -0.39 is 17.9 Å². The zero-order valence-electron chi connectivity index (χ0n) is 18.8. The van der Waals surface area contributed by atoms with E-state index in [9.17, 15) is 9.59 Å². The van der Waals surface area contributed by atoms with Crippen LogP contribution in [0.25, 0.3) is 0 Å². The molecular weight excluding hydrogens is 473 g/mol. The van der Waals surface area contributed by atoms with Crippen molar-refractivity contribution in [2.75, 3.05) is 0 Å². The van der Waals surface area contributed by atoms with E-state index >= 15 is 0 Å². The number of benzene rings is 3. The van der Waals surface area contributed by atoms with Crippen LogP contribution in [0.5, 0.6) is 5.75 Å². The van der Waals surface area contributed by atoms with Gasteiger partial charge in [0.2, 0.25) is 0 Å². The zero-order valence-corrected chi connectivity index (χ0v) is 20.3. The average Bonchev–Trinajstić information content (AvgIpc) is 2.84. The van der Waals surface area contributed by atoms with Crippen molar-refractivity contribution in [1.29, 1.82) is 0 Å². The lowest BCUT2D eigenvalue weighted by Crippen LogP contribution is -2.48. The van der Waals surface area contributed by atoms with Gasteiger partial charge in [-0.15, -0.1) is 0 Å². The van der Waals surface area contributed by atoms with Crippen molar-refractivity contribution in [3.8, 4) is 5.75 Å². The number of carbonyl (C=O) groups excluding carboxylic acids is 2. The fourth-order valence-corrected chi connectivity index (χ4v) is 3.33. The fraction of sp³-hybridized carbons (Fsp3) is 0.192. The molecule has 0 aliphatic heterocycles. The molecule has 8 heteroatoms. The lowest BCUT2D eigenvalue weighted by molar-refractivity contribution is -0.123. The fourth-order valence-electron chi connectivity index (χ4n) is 3.03. The molecule has 6 nitrogen and oxygen atoms in total. The number of carbonyl (C=O) groups is 2. The first-order valence-electron chi connectivity index (χ1n) is 10.7. The number of halogens is 2. The molecule has 3 rings (SSSR count). The number of hydrogen-bond donors (Lipinski definition) is 2. The minimum atomic E-state index is -0.784. The second-order valence-electron chi connectivity index (χ2n) is 7.90. The third kappa shape index (κ3) is 7.33. The Kier molecular flexibility index (Phi) is 9.08. The molecule has 0 bridgehead atoms. The van der Waals surface area contributed by atoms with Crippen molar-refractivity contribution in [1.82, 2.24) is 10.7 Å². The predicted molar refractivity (Wildman–Crippen MR) is 136 cm³/mol. The molecule has 0 aliphatic rings. The summed E-state index contributed by atoms with van der Waals surface area (Å²) in [7, 11) is 0. The van der Waals surface area contributed by atoms with Crippen LogP contribution in [0.3, 0.4) is 0 Å². The summed E-state index contributed by atoms with van der Waals surface area (Å²) in [5.74, 6) is -0.289. The molecule has 34 heavy (non-hydrogen) atoms.